The summed E-state index contributed by atoms with van der Waals surface area (Å²) in [5.41, 5.74) is 1.42. The molecule has 3 aliphatic heterocycles. The smallest absolute Gasteiger partial charge is 0.255 e. The summed E-state index contributed by atoms with van der Waals surface area (Å²) in [5.74, 6) is -1.85. The third-order valence-corrected chi connectivity index (χ3v) is 9.91. The molecule has 3 fully saturated rings. The number of piperidine rings is 1. The topological polar surface area (TPSA) is 107 Å². The van der Waals surface area contributed by atoms with E-state index in [1.54, 1.807) is 4.31 Å². The molecule has 0 bridgehead atoms. The number of rotatable bonds is 4. The second-order valence-electron chi connectivity index (χ2n) is 9.54. The predicted octanol–water partition coefficient (Wildman–Crippen LogP) is 1.37. The summed E-state index contributed by atoms with van der Waals surface area (Å²) in [5, 5.41) is 1.96. The van der Waals surface area contributed by atoms with E-state index in [4.69, 9.17) is 0 Å². The van der Waals surface area contributed by atoms with Crippen LogP contribution >= 0.6 is 0 Å². The summed E-state index contributed by atoms with van der Waals surface area (Å²) in [7, 11) is -3.35. The molecule has 1 N–H and O–H groups in total. The third kappa shape index (κ3) is 4.08. The van der Waals surface area contributed by atoms with Crippen LogP contribution in [0.4, 0.5) is 10.1 Å². The van der Waals surface area contributed by atoms with Gasteiger partial charge in [0.15, 0.2) is 0 Å². The number of hydrogen-bond acceptors (Lipinski definition) is 6. The number of piperazine rings is 1. The van der Waals surface area contributed by atoms with Crippen LogP contribution in [0.3, 0.4) is 0 Å². The molecule has 3 amide bonds. The number of anilines is 1. The zero-order valence-electron chi connectivity index (χ0n) is 19.0. The van der Waals surface area contributed by atoms with Crippen molar-refractivity contribution in [2.45, 2.75) is 62.8 Å². The molecule has 9 nitrogen and oxygen atoms in total. The number of sulfonamides is 1. The fourth-order valence-corrected chi connectivity index (χ4v) is 7.67. The molecule has 4 aliphatic rings. The SMILES string of the molecule is O=C1CCC(N2Cc3c(cc(F)cc3N3CCN(S(=O)(=O)C4CCCCC4)CC3)C2=O)C(=O)N1. The van der Waals surface area contributed by atoms with Crippen molar-refractivity contribution in [2.75, 3.05) is 31.1 Å². The van der Waals surface area contributed by atoms with Crippen LogP contribution in [0.1, 0.15) is 60.9 Å². The molecule has 34 heavy (non-hydrogen) atoms. The Balaban J connectivity index is 1.33. The van der Waals surface area contributed by atoms with E-state index in [9.17, 15) is 27.2 Å². The minimum atomic E-state index is -3.35. The van der Waals surface area contributed by atoms with Gasteiger partial charge in [0.05, 0.1) is 5.25 Å². The van der Waals surface area contributed by atoms with Crippen LogP contribution < -0.4 is 10.2 Å². The van der Waals surface area contributed by atoms with Crippen molar-refractivity contribution < 1.29 is 27.2 Å². The maximum absolute atomic E-state index is 14.5. The van der Waals surface area contributed by atoms with Crippen LogP contribution in [-0.2, 0) is 26.2 Å². The maximum atomic E-state index is 14.5. The van der Waals surface area contributed by atoms with E-state index < -0.39 is 33.7 Å². The van der Waals surface area contributed by atoms with Gasteiger partial charge in [-0.2, -0.15) is 4.31 Å². The fraction of sp³-hybridized carbons (Fsp3) is 0.609. The van der Waals surface area contributed by atoms with Gasteiger partial charge >= 0.3 is 0 Å². The lowest BCUT2D eigenvalue weighted by molar-refractivity contribution is -0.136. The maximum Gasteiger partial charge on any atom is 0.255 e. The van der Waals surface area contributed by atoms with Gasteiger partial charge in [-0.1, -0.05) is 19.3 Å². The second-order valence-corrected chi connectivity index (χ2v) is 11.8. The monoisotopic (exact) mass is 492 g/mol. The largest absolute Gasteiger partial charge is 0.369 e. The van der Waals surface area contributed by atoms with Crippen molar-refractivity contribution in [1.82, 2.24) is 14.5 Å². The Bertz CT molecular complexity index is 1130. The summed E-state index contributed by atoms with van der Waals surface area (Å²) < 4.78 is 42.2. The van der Waals surface area contributed by atoms with Crippen LogP contribution in [0.15, 0.2) is 12.1 Å². The van der Waals surface area contributed by atoms with Gasteiger partial charge in [-0.05, 0) is 31.4 Å². The number of benzene rings is 1. The zero-order chi connectivity index (χ0) is 24.0. The van der Waals surface area contributed by atoms with E-state index in [1.807, 2.05) is 4.90 Å². The standard InChI is InChI=1S/C23H29FN4O5S/c24-15-12-17-18(14-28(23(17)31)19-6-7-21(29)25-22(19)30)20(13-15)26-8-10-27(11-9-26)34(32,33)16-4-2-1-3-5-16/h12-13,16,19H,1-11,14H2,(H,25,29,30). The highest BCUT2D eigenvalue weighted by atomic mass is 32.2. The quantitative estimate of drug-likeness (QED) is 0.637. The van der Waals surface area contributed by atoms with E-state index in [-0.39, 0.29) is 36.1 Å². The van der Waals surface area contributed by atoms with Crippen molar-refractivity contribution in [3.05, 3.63) is 29.1 Å². The average Bonchev–Trinajstić information content (AvgIpc) is 3.15. The Morgan fingerprint density at radius 2 is 1.65 bits per heavy atom. The number of fused-ring (bicyclic) bond motifs is 1. The molecule has 184 valence electrons. The fourth-order valence-electron chi connectivity index (χ4n) is 5.65. The van der Waals surface area contributed by atoms with E-state index in [2.05, 4.69) is 5.32 Å². The van der Waals surface area contributed by atoms with Crippen molar-refractivity contribution in [2.24, 2.45) is 0 Å². The molecule has 3 heterocycles. The number of imide groups is 1. The molecule has 2 saturated heterocycles. The summed E-state index contributed by atoms with van der Waals surface area (Å²) >= 11 is 0. The normalized spacial score (nSPS) is 25.0. The van der Waals surface area contributed by atoms with Gasteiger partial charge < -0.3 is 9.80 Å². The first-order valence-electron chi connectivity index (χ1n) is 12.0. The van der Waals surface area contributed by atoms with Crippen molar-refractivity contribution in [3.63, 3.8) is 0 Å². The first-order valence-corrected chi connectivity index (χ1v) is 13.5. The van der Waals surface area contributed by atoms with Gasteiger partial charge in [0, 0.05) is 56.0 Å². The van der Waals surface area contributed by atoms with Gasteiger partial charge in [0.1, 0.15) is 11.9 Å². The van der Waals surface area contributed by atoms with E-state index in [0.29, 0.717) is 50.3 Å². The van der Waals surface area contributed by atoms with E-state index in [1.165, 1.54) is 17.0 Å². The highest BCUT2D eigenvalue weighted by molar-refractivity contribution is 7.89. The minimum Gasteiger partial charge on any atom is -0.369 e. The molecule has 0 spiro atoms. The molecule has 11 heteroatoms. The van der Waals surface area contributed by atoms with Crippen LogP contribution in [0.25, 0.3) is 0 Å². The number of carbonyl (C=O) groups excluding carboxylic acids is 3. The van der Waals surface area contributed by atoms with E-state index >= 15 is 0 Å². The van der Waals surface area contributed by atoms with Crippen LogP contribution in [-0.4, -0.2) is 72.8 Å². The molecule has 5 rings (SSSR count). The summed E-state index contributed by atoms with van der Waals surface area (Å²) in [4.78, 5) is 40.2. The van der Waals surface area contributed by atoms with Crippen LogP contribution in [0.5, 0.6) is 0 Å². The van der Waals surface area contributed by atoms with Gasteiger partial charge in [0.25, 0.3) is 5.91 Å². The predicted molar refractivity (Wildman–Crippen MR) is 122 cm³/mol. The number of hydrogen-bond donors (Lipinski definition) is 1. The van der Waals surface area contributed by atoms with Gasteiger partial charge in [-0.3, -0.25) is 19.7 Å². The van der Waals surface area contributed by atoms with Gasteiger partial charge in [0.2, 0.25) is 21.8 Å². The van der Waals surface area contributed by atoms with Crippen LogP contribution in [0, 0.1) is 5.82 Å². The number of nitrogens with zero attached hydrogens (tertiary/aromatic N) is 3. The molecular formula is C23H29FN4O5S. The molecular weight excluding hydrogens is 463 g/mol. The number of nitrogens with one attached hydrogen (secondary N) is 1. The molecule has 0 radical (unpaired) electrons. The average molecular weight is 493 g/mol. The minimum absolute atomic E-state index is 0.148. The Labute approximate surface area is 198 Å². The Hall–Kier alpha value is -2.53. The molecule has 1 aromatic rings. The molecule has 1 saturated carbocycles. The van der Waals surface area contributed by atoms with Crippen molar-refractivity contribution in [1.29, 1.82) is 0 Å². The summed E-state index contributed by atoms with van der Waals surface area (Å²) in [6.07, 6.45) is 4.76. The Kier molecular flexibility index (Phi) is 6.09. The Morgan fingerprint density at radius 1 is 0.941 bits per heavy atom. The lowest BCUT2D eigenvalue weighted by atomic mass is 10.0. The lowest BCUT2D eigenvalue weighted by Crippen LogP contribution is -2.52. The molecule has 0 aromatic heterocycles. The number of carbonyl (C=O) groups is 3. The first-order chi connectivity index (χ1) is 16.3. The van der Waals surface area contributed by atoms with Crippen molar-refractivity contribution in [3.8, 4) is 0 Å². The number of halogens is 1. The highest BCUT2D eigenvalue weighted by Gasteiger charge is 2.41. The van der Waals surface area contributed by atoms with Gasteiger partial charge in [-0.15, -0.1) is 0 Å². The zero-order valence-corrected chi connectivity index (χ0v) is 19.8. The summed E-state index contributed by atoms with van der Waals surface area (Å²) in [6, 6.07) is 1.80. The third-order valence-electron chi connectivity index (χ3n) is 7.51. The molecule has 1 atom stereocenters. The molecule has 1 unspecified atom stereocenters. The lowest BCUT2D eigenvalue weighted by Gasteiger charge is -2.38. The summed E-state index contributed by atoms with van der Waals surface area (Å²) in [6.45, 7) is 1.57. The Morgan fingerprint density at radius 3 is 2.32 bits per heavy atom. The first kappa shape index (κ1) is 23.2. The molecule has 1 aromatic carbocycles. The highest BCUT2D eigenvalue weighted by Crippen LogP contribution is 2.36. The van der Waals surface area contributed by atoms with E-state index in [0.717, 1.165) is 19.3 Å². The number of amides is 3. The second kappa shape index (κ2) is 8.92. The van der Waals surface area contributed by atoms with Crippen LogP contribution in [0.2, 0.25) is 0 Å². The van der Waals surface area contributed by atoms with Crippen molar-refractivity contribution >= 4 is 33.4 Å². The molecule has 1 aliphatic carbocycles. The van der Waals surface area contributed by atoms with Gasteiger partial charge in [-0.25, -0.2) is 12.8 Å².